The predicted octanol–water partition coefficient (Wildman–Crippen LogP) is 0.687. The van der Waals surface area contributed by atoms with Crippen molar-refractivity contribution in [3.63, 3.8) is 0 Å². The Morgan fingerprint density at radius 2 is 2.12 bits per heavy atom. The quantitative estimate of drug-likeness (QED) is 0.843. The van der Waals surface area contributed by atoms with Crippen LogP contribution in [0.3, 0.4) is 0 Å². The van der Waals surface area contributed by atoms with Crippen LogP contribution < -0.4 is 4.72 Å². The molecule has 0 aromatic carbocycles. The van der Waals surface area contributed by atoms with Gasteiger partial charge in [0, 0.05) is 11.6 Å². The summed E-state index contributed by atoms with van der Waals surface area (Å²) >= 11 is 0. The van der Waals surface area contributed by atoms with Crippen LogP contribution in [0.25, 0.3) is 0 Å². The highest BCUT2D eigenvalue weighted by Crippen LogP contribution is 2.45. The first-order valence-electron chi connectivity index (χ1n) is 4.92. The van der Waals surface area contributed by atoms with Crippen molar-refractivity contribution in [2.75, 3.05) is 0 Å². The molecule has 1 aliphatic carbocycles. The molecule has 1 aliphatic rings. The fourth-order valence-corrected chi connectivity index (χ4v) is 2.27. The lowest BCUT2D eigenvalue weighted by Gasteiger charge is -2.09. The molecule has 1 fully saturated rings. The third-order valence-corrected chi connectivity index (χ3v) is 3.93. The van der Waals surface area contributed by atoms with Gasteiger partial charge < -0.3 is 0 Å². The number of carbonyl (C=O) groups excluding carboxylic acids is 1. The Balaban J connectivity index is 2.18. The largest absolute Gasteiger partial charge is 0.281 e. The zero-order valence-electron chi connectivity index (χ0n) is 8.80. The maximum atomic E-state index is 11.7. The van der Waals surface area contributed by atoms with Crippen LogP contribution in [-0.4, -0.2) is 19.3 Å². The van der Waals surface area contributed by atoms with Gasteiger partial charge in [0.05, 0.1) is 0 Å². The molecule has 0 aliphatic heterocycles. The second-order valence-electron chi connectivity index (χ2n) is 4.16. The van der Waals surface area contributed by atoms with E-state index in [9.17, 15) is 13.2 Å². The van der Waals surface area contributed by atoms with Crippen LogP contribution in [0.4, 0.5) is 0 Å². The molecule has 0 atom stereocenters. The van der Waals surface area contributed by atoms with E-state index in [1.165, 1.54) is 12.3 Å². The van der Waals surface area contributed by atoms with E-state index in [2.05, 4.69) is 4.98 Å². The molecular formula is C10H12N2O3S. The van der Waals surface area contributed by atoms with Crippen LogP contribution in [0, 0.1) is 5.41 Å². The van der Waals surface area contributed by atoms with Crippen LogP contribution in [0.1, 0.15) is 19.8 Å². The lowest BCUT2D eigenvalue weighted by atomic mass is 10.1. The Morgan fingerprint density at radius 1 is 1.44 bits per heavy atom. The zero-order chi connectivity index (χ0) is 11.8. The number of hydrogen-bond acceptors (Lipinski definition) is 4. The van der Waals surface area contributed by atoms with E-state index in [0.717, 1.165) is 12.8 Å². The number of carbonyl (C=O) groups is 1. The van der Waals surface area contributed by atoms with Crippen molar-refractivity contribution in [3.8, 4) is 0 Å². The van der Waals surface area contributed by atoms with E-state index >= 15 is 0 Å². The normalized spacial score (nSPS) is 17.8. The van der Waals surface area contributed by atoms with Gasteiger partial charge >= 0.3 is 0 Å². The topological polar surface area (TPSA) is 76.1 Å². The van der Waals surface area contributed by atoms with E-state index in [1.807, 2.05) is 4.72 Å². The molecule has 0 spiro atoms. The van der Waals surface area contributed by atoms with Crippen molar-refractivity contribution in [3.05, 3.63) is 24.4 Å². The minimum Gasteiger partial charge on any atom is -0.273 e. The molecule has 1 aromatic rings. The van der Waals surface area contributed by atoms with Gasteiger partial charge in [0.15, 0.2) is 5.03 Å². The summed E-state index contributed by atoms with van der Waals surface area (Å²) < 4.78 is 25.5. The van der Waals surface area contributed by atoms with Gasteiger partial charge in [-0.2, -0.15) is 8.42 Å². The van der Waals surface area contributed by atoms with E-state index in [4.69, 9.17) is 0 Å². The van der Waals surface area contributed by atoms with Gasteiger partial charge in [-0.15, -0.1) is 0 Å². The number of pyridine rings is 1. The first kappa shape index (κ1) is 11.1. The molecular weight excluding hydrogens is 228 g/mol. The highest BCUT2D eigenvalue weighted by Gasteiger charge is 2.46. The molecule has 5 nitrogen and oxygen atoms in total. The molecule has 0 radical (unpaired) electrons. The molecule has 0 bridgehead atoms. The van der Waals surface area contributed by atoms with Gasteiger partial charge in [-0.1, -0.05) is 13.0 Å². The van der Waals surface area contributed by atoms with Gasteiger partial charge in [0.25, 0.3) is 10.0 Å². The Hall–Kier alpha value is -1.43. The van der Waals surface area contributed by atoms with Gasteiger partial charge in [0.2, 0.25) is 5.91 Å². The molecule has 0 saturated heterocycles. The van der Waals surface area contributed by atoms with Crippen LogP contribution in [0.5, 0.6) is 0 Å². The van der Waals surface area contributed by atoms with Crippen molar-refractivity contribution in [1.82, 2.24) is 9.71 Å². The van der Waals surface area contributed by atoms with Gasteiger partial charge in [-0.25, -0.2) is 9.71 Å². The summed E-state index contributed by atoms with van der Waals surface area (Å²) in [6, 6.07) is 4.53. The van der Waals surface area contributed by atoms with Crippen LogP contribution >= 0.6 is 0 Å². The second kappa shape index (κ2) is 3.55. The summed E-state index contributed by atoms with van der Waals surface area (Å²) in [6.45, 7) is 1.75. The first-order valence-corrected chi connectivity index (χ1v) is 6.41. The SMILES string of the molecule is CC1(C(=O)NS(=O)(=O)c2ccccn2)CC1. The number of aromatic nitrogens is 1. The van der Waals surface area contributed by atoms with E-state index in [-0.39, 0.29) is 5.03 Å². The van der Waals surface area contributed by atoms with Crippen molar-refractivity contribution in [2.24, 2.45) is 5.41 Å². The molecule has 86 valence electrons. The molecule has 1 aromatic heterocycles. The average Bonchev–Trinajstić information content (AvgIpc) is 2.99. The Labute approximate surface area is 93.9 Å². The fourth-order valence-electron chi connectivity index (χ4n) is 1.22. The maximum Gasteiger partial charge on any atom is 0.281 e. The van der Waals surface area contributed by atoms with Crippen molar-refractivity contribution >= 4 is 15.9 Å². The summed E-state index contributed by atoms with van der Waals surface area (Å²) in [6.07, 6.45) is 2.84. The minimum atomic E-state index is -3.81. The van der Waals surface area contributed by atoms with Crippen LogP contribution in [0.15, 0.2) is 29.4 Å². The minimum absolute atomic E-state index is 0.132. The van der Waals surface area contributed by atoms with E-state index in [0.29, 0.717) is 0 Å². The van der Waals surface area contributed by atoms with Gasteiger partial charge in [0.1, 0.15) is 0 Å². The van der Waals surface area contributed by atoms with Gasteiger partial charge in [-0.05, 0) is 25.0 Å². The number of nitrogens with zero attached hydrogens (tertiary/aromatic N) is 1. The van der Waals surface area contributed by atoms with Crippen LogP contribution in [-0.2, 0) is 14.8 Å². The van der Waals surface area contributed by atoms with Crippen molar-refractivity contribution < 1.29 is 13.2 Å². The first-order chi connectivity index (χ1) is 7.44. The highest BCUT2D eigenvalue weighted by molar-refractivity contribution is 7.90. The summed E-state index contributed by atoms with van der Waals surface area (Å²) in [5, 5.41) is -0.132. The second-order valence-corrected chi connectivity index (χ2v) is 5.79. The van der Waals surface area contributed by atoms with E-state index in [1.54, 1.807) is 19.1 Å². The van der Waals surface area contributed by atoms with E-state index < -0.39 is 21.3 Å². The number of amides is 1. The highest BCUT2D eigenvalue weighted by atomic mass is 32.2. The molecule has 1 saturated carbocycles. The summed E-state index contributed by atoms with van der Waals surface area (Å²) in [7, 11) is -3.81. The number of rotatable bonds is 3. The Bertz CT molecular complexity index is 506. The molecule has 0 unspecified atom stereocenters. The third kappa shape index (κ3) is 2.06. The molecule has 2 rings (SSSR count). The molecule has 1 amide bonds. The number of nitrogens with one attached hydrogen (secondary N) is 1. The smallest absolute Gasteiger partial charge is 0.273 e. The standard InChI is InChI=1S/C10H12N2O3S/c1-10(5-6-10)9(13)12-16(14,15)8-4-2-3-7-11-8/h2-4,7H,5-6H2,1H3,(H,12,13). The van der Waals surface area contributed by atoms with Gasteiger partial charge in [-0.3, -0.25) is 4.79 Å². The zero-order valence-corrected chi connectivity index (χ0v) is 9.62. The number of hydrogen-bond donors (Lipinski definition) is 1. The van der Waals surface area contributed by atoms with Crippen molar-refractivity contribution in [1.29, 1.82) is 0 Å². The summed E-state index contributed by atoms with van der Waals surface area (Å²) in [5.41, 5.74) is -0.512. The lowest BCUT2D eigenvalue weighted by Crippen LogP contribution is -2.35. The summed E-state index contributed by atoms with van der Waals surface area (Å²) in [5.74, 6) is -0.446. The van der Waals surface area contributed by atoms with Crippen LogP contribution in [0.2, 0.25) is 0 Å². The molecule has 1 N–H and O–H groups in total. The number of sulfonamides is 1. The molecule has 1 heterocycles. The maximum absolute atomic E-state index is 11.7. The third-order valence-electron chi connectivity index (χ3n) is 2.69. The average molecular weight is 240 g/mol. The molecule has 16 heavy (non-hydrogen) atoms. The monoisotopic (exact) mass is 240 g/mol. The predicted molar refractivity (Wildman–Crippen MR) is 56.9 cm³/mol. The summed E-state index contributed by atoms with van der Waals surface area (Å²) in [4.78, 5) is 15.3. The fraction of sp³-hybridized carbons (Fsp3) is 0.400. The Kier molecular flexibility index (Phi) is 2.46. The Morgan fingerprint density at radius 3 is 2.62 bits per heavy atom. The lowest BCUT2D eigenvalue weighted by molar-refractivity contribution is -0.123. The van der Waals surface area contributed by atoms with Crippen molar-refractivity contribution in [2.45, 2.75) is 24.8 Å². The molecule has 6 heteroatoms.